The lowest BCUT2D eigenvalue weighted by Gasteiger charge is -2.07. The van der Waals surface area contributed by atoms with Crippen LogP contribution in [0.4, 0.5) is 5.69 Å². The third kappa shape index (κ3) is 2.15. The molecule has 0 atom stereocenters. The van der Waals surface area contributed by atoms with Crippen molar-refractivity contribution >= 4 is 17.0 Å². The lowest BCUT2D eigenvalue weighted by Crippen LogP contribution is -1.95. The highest BCUT2D eigenvalue weighted by molar-refractivity contribution is 7.13. The van der Waals surface area contributed by atoms with Gasteiger partial charge in [-0.05, 0) is 29.6 Å². The molecule has 0 saturated carbocycles. The molecule has 2 aromatic heterocycles. The van der Waals surface area contributed by atoms with Gasteiger partial charge < -0.3 is 4.57 Å². The highest BCUT2D eigenvalue weighted by Crippen LogP contribution is 2.28. The van der Waals surface area contributed by atoms with Crippen molar-refractivity contribution < 1.29 is 4.92 Å². The average Bonchev–Trinajstić information content (AvgIpc) is 3.09. The summed E-state index contributed by atoms with van der Waals surface area (Å²) in [6.07, 6.45) is 1.91. The molecule has 0 bridgehead atoms. The molecule has 3 rings (SSSR count). The zero-order valence-electron chi connectivity index (χ0n) is 9.89. The van der Waals surface area contributed by atoms with E-state index in [0.29, 0.717) is 0 Å². The maximum Gasteiger partial charge on any atom is 0.271 e. The summed E-state index contributed by atoms with van der Waals surface area (Å²) in [5.41, 5.74) is 1.93. The van der Waals surface area contributed by atoms with Crippen molar-refractivity contribution in [1.82, 2.24) is 4.57 Å². The second-order valence-corrected chi connectivity index (χ2v) is 4.97. The molecule has 0 spiro atoms. The van der Waals surface area contributed by atoms with E-state index in [0.717, 1.165) is 16.3 Å². The number of rotatable bonds is 3. The van der Waals surface area contributed by atoms with Crippen molar-refractivity contribution in [2.75, 3.05) is 0 Å². The quantitative estimate of drug-likeness (QED) is 0.531. The largest absolute Gasteiger partial charge is 0.316 e. The first-order valence-corrected chi connectivity index (χ1v) is 6.60. The van der Waals surface area contributed by atoms with Crippen molar-refractivity contribution in [2.24, 2.45) is 0 Å². The molecule has 0 aliphatic rings. The van der Waals surface area contributed by atoms with Crippen LogP contribution in [-0.2, 0) is 0 Å². The fraction of sp³-hybridized carbons (Fsp3) is 0. The molecule has 0 fully saturated rings. The van der Waals surface area contributed by atoms with Crippen molar-refractivity contribution in [3.05, 3.63) is 70.2 Å². The number of hydrogen-bond acceptors (Lipinski definition) is 3. The average molecular weight is 270 g/mol. The Morgan fingerprint density at radius 2 is 2.00 bits per heavy atom. The maximum absolute atomic E-state index is 10.8. The van der Waals surface area contributed by atoms with Crippen LogP contribution in [0.3, 0.4) is 0 Å². The molecule has 5 heteroatoms. The van der Waals surface area contributed by atoms with Gasteiger partial charge in [0, 0.05) is 18.3 Å². The van der Waals surface area contributed by atoms with Gasteiger partial charge in [-0.15, -0.1) is 11.3 Å². The fourth-order valence-corrected chi connectivity index (χ4v) is 2.74. The summed E-state index contributed by atoms with van der Waals surface area (Å²) in [5, 5.41) is 12.8. The molecule has 0 aliphatic carbocycles. The van der Waals surface area contributed by atoms with Gasteiger partial charge in [-0.25, -0.2) is 0 Å². The van der Waals surface area contributed by atoms with E-state index in [1.807, 2.05) is 46.5 Å². The number of thiophene rings is 1. The van der Waals surface area contributed by atoms with Crippen LogP contribution in [0.25, 0.3) is 16.3 Å². The number of nitro benzene ring substituents is 1. The summed E-state index contributed by atoms with van der Waals surface area (Å²) >= 11 is 1.65. The minimum Gasteiger partial charge on any atom is -0.316 e. The van der Waals surface area contributed by atoms with Gasteiger partial charge in [0.2, 0.25) is 0 Å². The van der Waals surface area contributed by atoms with Gasteiger partial charge in [-0.3, -0.25) is 10.1 Å². The van der Waals surface area contributed by atoms with E-state index in [9.17, 15) is 10.1 Å². The van der Waals surface area contributed by atoms with Crippen LogP contribution >= 0.6 is 11.3 Å². The second-order valence-electron chi connectivity index (χ2n) is 4.02. The maximum atomic E-state index is 10.8. The minimum atomic E-state index is -0.377. The summed E-state index contributed by atoms with van der Waals surface area (Å²) in [6, 6.07) is 14.6. The standard InChI is InChI=1S/C14H10N2O2S/c17-16(18)12-5-1-4-11(10-12)15-8-2-6-13(15)14-7-3-9-19-14/h1-10H. The Morgan fingerprint density at radius 1 is 1.11 bits per heavy atom. The molecule has 1 aromatic carbocycles. The Bertz CT molecular complexity index is 717. The van der Waals surface area contributed by atoms with Gasteiger partial charge in [0.25, 0.3) is 5.69 Å². The molecule has 0 amide bonds. The van der Waals surface area contributed by atoms with Crippen LogP contribution in [-0.4, -0.2) is 9.49 Å². The molecule has 0 N–H and O–H groups in total. The monoisotopic (exact) mass is 270 g/mol. The number of benzene rings is 1. The van der Waals surface area contributed by atoms with E-state index in [-0.39, 0.29) is 10.6 Å². The Hall–Kier alpha value is -2.40. The molecule has 0 unspecified atom stereocenters. The first-order chi connectivity index (χ1) is 9.25. The molecule has 19 heavy (non-hydrogen) atoms. The minimum absolute atomic E-state index is 0.100. The van der Waals surface area contributed by atoms with Gasteiger partial charge in [-0.2, -0.15) is 0 Å². The Morgan fingerprint density at radius 3 is 2.74 bits per heavy atom. The van der Waals surface area contributed by atoms with E-state index in [1.54, 1.807) is 23.5 Å². The van der Waals surface area contributed by atoms with Gasteiger partial charge in [0.05, 0.1) is 21.2 Å². The molecular weight excluding hydrogens is 260 g/mol. The van der Waals surface area contributed by atoms with Gasteiger partial charge in [0.15, 0.2) is 0 Å². The van der Waals surface area contributed by atoms with Gasteiger partial charge in [0.1, 0.15) is 0 Å². The van der Waals surface area contributed by atoms with E-state index in [1.165, 1.54) is 6.07 Å². The van der Waals surface area contributed by atoms with E-state index >= 15 is 0 Å². The molecule has 4 nitrogen and oxygen atoms in total. The number of nitrogens with zero attached hydrogens (tertiary/aromatic N) is 2. The zero-order chi connectivity index (χ0) is 13.2. The van der Waals surface area contributed by atoms with Crippen molar-refractivity contribution in [2.45, 2.75) is 0 Å². The van der Waals surface area contributed by atoms with Crippen molar-refractivity contribution in [3.8, 4) is 16.3 Å². The smallest absolute Gasteiger partial charge is 0.271 e. The molecule has 0 saturated heterocycles. The zero-order valence-corrected chi connectivity index (χ0v) is 10.7. The summed E-state index contributed by atoms with van der Waals surface area (Å²) < 4.78 is 1.96. The van der Waals surface area contributed by atoms with Crippen LogP contribution in [0.1, 0.15) is 0 Å². The van der Waals surface area contributed by atoms with Gasteiger partial charge >= 0.3 is 0 Å². The van der Waals surface area contributed by atoms with E-state index < -0.39 is 0 Å². The molecule has 2 heterocycles. The first kappa shape index (κ1) is 11.7. The third-order valence-electron chi connectivity index (χ3n) is 2.84. The highest BCUT2D eigenvalue weighted by atomic mass is 32.1. The van der Waals surface area contributed by atoms with Crippen LogP contribution in [0.5, 0.6) is 0 Å². The SMILES string of the molecule is O=[N+]([O-])c1cccc(-n2cccc2-c2cccs2)c1. The van der Waals surface area contributed by atoms with Crippen LogP contribution in [0.15, 0.2) is 60.1 Å². The highest BCUT2D eigenvalue weighted by Gasteiger charge is 2.10. The number of nitro groups is 1. The summed E-state index contributed by atoms with van der Waals surface area (Å²) in [6.45, 7) is 0. The number of non-ortho nitro benzene ring substituents is 1. The summed E-state index contributed by atoms with van der Waals surface area (Å²) in [7, 11) is 0. The Balaban J connectivity index is 2.11. The van der Waals surface area contributed by atoms with Crippen LogP contribution in [0, 0.1) is 10.1 Å². The normalized spacial score (nSPS) is 10.5. The molecule has 0 aliphatic heterocycles. The third-order valence-corrected chi connectivity index (χ3v) is 3.73. The Labute approximate surface area is 113 Å². The van der Waals surface area contributed by atoms with Crippen LogP contribution in [0.2, 0.25) is 0 Å². The first-order valence-electron chi connectivity index (χ1n) is 5.72. The molecule has 94 valence electrons. The van der Waals surface area contributed by atoms with E-state index in [4.69, 9.17) is 0 Å². The summed E-state index contributed by atoms with van der Waals surface area (Å²) in [4.78, 5) is 11.6. The predicted octanol–water partition coefficient (Wildman–Crippen LogP) is 4.11. The molecule has 3 aromatic rings. The van der Waals surface area contributed by atoms with Crippen molar-refractivity contribution in [1.29, 1.82) is 0 Å². The number of hydrogen-bond donors (Lipinski definition) is 0. The summed E-state index contributed by atoms with van der Waals surface area (Å²) in [5.74, 6) is 0. The lowest BCUT2D eigenvalue weighted by molar-refractivity contribution is -0.384. The molecular formula is C14H10N2O2S. The second kappa shape index (κ2) is 4.70. The van der Waals surface area contributed by atoms with Crippen LogP contribution < -0.4 is 0 Å². The molecule has 0 radical (unpaired) electrons. The van der Waals surface area contributed by atoms with Crippen molar-refractivity contribution in [3.63, 3.8) is 0 Å². The lowest BCUT2D eigenvalue weighted by atomic mass is 10.2. The fourth-order valence-electron chi connectivity index (χ4n) is 1.99. The number of aromatic nitrogens is 1. The van der Waals surface area contributed by atoms with E-state index in [2.05, 4.69) is 0 Å². The topological polar surface area (TPSA) is 48.1 Å². The predicted molar refractivity (Wildman–Crippen MR) is 75.7 cm³/mol. The van der Waals surface area contributed by atoms with Gasteiger partial charge in [-0.1, -0.05) is 12.1 Å². The Kier molecular flexibility index (Phi) is 2.89.